The van der Waals surface area contributed by atoms with Crippen LogP contribution in [0.15, 0.2) is 52.9 Å². The number of ether oxygens (including phenoxy) is 2. The normalized spacial score (nSPS) is 11.4. The van der Waals surface area contributed by atoms with Gasteiger partial charge < -0.3 is 13.7 Å². The highest BCUT2D eigenvalue weighted by molar-refractivity contribution is 7.87. The van der Waals surface area contributed by atoms with Gasteiger partial charge in [0.05, 0.1) is 13.7 Å². The summed E-state index contributed by atoms with van der Waals surface area (Å²) in [5.74, 6) is -0.633. The van der Waals surface area contributed by atoms with Crippen LogP contribution in [0.5, 0.6) is 11.5 Å². The van der Waals surface area contributed by atoms with E-state index in [1.165, 1.54) is 43.5 Å². The molecule has 0 fully saturated rings. The van der Waals surface area contributed by atoms with E-state index >= 15 is 0 Å². The lowest BCUT2D eigenvalue weighted by molar-refractivity contribution is -0.137. The molecule has 0 unspecified atom stereocenters. The summed E-state index contributed by atoms with van der Waals surface area (Å²) in [7, 11) is -2.69. The SMILES string of the molecule is CCOC(=O)C(C#N)=Cc1ccc(OS(=O)(=O)c2ccc(C)cc2)c(OC)c1. The van der Waals surface area contributed by atoms with Gasteiger partial charge in [0, 0.05) is 0 Å². The Kier molecular flexibility index (Phi) is 6.79. The summed E-state index contributed by atoms with van der Waals surface area (Å²) in [5, 5.41) is 9.11. The zero-order chi connectivity index (χ0) is 20.7. The highest BCUT2D eigenvalue weighted by Crippen LogP contribution is 2.31. The van der Waals surface area contributed by atoms with Crippen LogP contribution in [-0.2, 0) is 19.6 Å². The molecule has 0 heterocycles. The smallest absolute Gasteiger partial charge is 0.348 e. The van der Waals surface area contributed by atoms with E-state index in [1.54, 1.807) is 25.1 Å². The third-order valence-corrected chi connectivity index (χ3v) is 4.87. The van der Waals surface area contributed by atoms with Gasteiger partial charge in [-0.1, -0.05) is 23.8 Å². The molecule has 0 N–H and O–H groups in total. The van der Waals surface area contributed by atoms with Crippen LogP contribution in [0.1, 0.15) is 18.1 Å². The number of rotatable bonds is 7. The molecule has 0 atom stereocenters. The van der Waals surface area contributed by atoms with E-state index in [9.17, 15) is 13.2 Å². The third kappa shape index (κ3) is 5.11. The van der Waals surface area contributed by atoms with Gasteiger partial charge in [-0.3, -0.25) is 0 Å². The zero-order valence-corrected chi connectivity index (χ0v) is 16.4. The van der Waals surface area contributed by atoms with Crippen LogP contribution in [0.4, 0.5) is 0 Å². The number of hydrogen-bond donors (Lipinski definition) is 0. The summed E-state index contributed by atoms with van der Waals surface area (Å²) < 4.78 is 40.1. The van der Waals surface area contributed by atoms with Gasteiger partial charge in [0.25, 0.3) is 0 Å². The van der Waals surface area contributed by atoms with Gasteiger partial charge >= 0.3 is 16.1 Å². The van der Waals surface area contributed by atoms with Crippen molar-refractivity contribution in [2.45, 2.75) is 18.7 Å². The van der Waals surface area contributed by atoms with E-state index in [1.807, 2.05) is 6.92 Å². The summed E-state index contributed by atoms with van der Waals surface area (Å²) in [4.78, 5) is 11.7. The summed E-state index contributed by atoms with van der Waals surface area (Å²) in [5.41, 5.74) is 1.17. The molecule has 28 heavy (non-hydrogen) atoms. The Morgan fingerprint density at radius 1 is 1.14 bits per heavy atom. The number of aryl methyl sites for hydroxylation is 1. The topological polar surface area (TPSA) is 103 Å². The second kappa shape index (κ2) is 9.06. The number of benzene rings is 2. The van der Waals surface area contributed by atoms with Crippen LogP contribution in [0, 0.1) is 18.3 Å². The van der Waals surface area contributed by atoms with Gasteiger partial charge in [0.1, 0.15) is 16.5 Å². The first-order chi connectivity index (χ1) is 13.3. The van der Waals surface area contributed by atoms with Crippen LogP contribution in [0.3, 0.4) is 0 Å². The Labute approximate surface area is 163 Å². The van der Waals surface area contributed by atoms with Gasteiger partial charge in [-0.2, -0.15) is 13.7 Å². The van der Waals surface area contributed by atoms with Crippen molar-refractivity contribution in [2.75, 3.05) is 13.7 Å². The molecule has 8 heteroatoms. The molecular formula is C20H19NO6S. The van der Waals surface area contributed by atoms with Crippen LogP contribution in [0.25, 0.3) is 6.08 Å². The number of methoxy groups -OCH3 is 1. The summed E-state index contributed by atoms with van der Waals surface area (Å²) in [6.07, 6.45) is 1.32. The average Bonchev–Trinajstić information content (AvgIpc) is 2.67. The van der Waals surface area contributed by atoms with E-state index in [-0.39, 0.29) is 28.6 Å². The minimum absolute atomic E-state index is 0.0122. The fourth-order valence-electron chi connectivity index (χ4n) is 2.23. The number of carbonyl (C=O) groups excluding carboxylic acids is 1. The Morgan fingerprint density at radius 3 is 2.39 bits per heavy atom. The van der Waals surface area contributed by atoms with E-state index in [4.69, 9.17) is 18.9 Å². The van der Waals surface area contributed by atoms with Crippen molar-refractivity contribution < 1.29 is 26.9 Å². The first-order valence-corrected chi connectivity index (χ1v) is 9.69. The molecule has 0 aliphatic heterocycles. The van der Waals surface area contributed by atoms with Gasteiger partial charge in [0.2, 0.25) is 0 Å². The highest BCUT2D eigenvalue weighted by Gasteiger charge is 2.19. The molecule has 0 amide bonds. The van der Waals surface area contributed by atoms with E-state index in [0.29, 0.717) is 5.56 Å². The molecule has 2 rings (SSSR count). The lowest BCUT2D eigenvalue weighted by Gasteiger charge is -2.11. The molecule has 146 valence electrons. The zero-order valence-electron chi connectivity index (χ0n) is 15.6. The molecule has 0 saturated heterocycles. The first kappa shape index (κ1) is 21.0. The molecular weight excluding hydrogens is 382 g/mol. The van der Waals surface area contributed by atoms with E-state index in [2.05, 4.69) is 0 Å². The second-order valence-corrected chi connectivity index (χ2v) is 7.20. The van der Waals surface area contributed by atoms with Crippen LogP contribution >= 0.6 is 0 Å². The molecule has 2 aromatic rings. The van der Waals surface area contributed by atoms with Crippen LogP contribution < -0.4 is 8.92 Å². The quantitative estimate of drug-likeness (QED) is 0.304. The molecule has 2 aromatic carbocycles. The number of hydrogen-bond acceptors (Lipinski definition) is 7. The molecule has 0 spiro atoms. The lowest BCUT2D eigenvalue weighted by Crippen LogP contribution is -2.10. The molecule has 0 aromatic heterocycles. The summed E-state index contributed by atoms with van der Waals surface area (Å²) >= 11 is 0. The Morgan fingerprint density at radius 2 is 1.82 bits per heavy atom. The maximum Gasteiger partial charge on any atom is 0.348 e. The van der Waals surface area contributed by atoms with Crippen molar-refractivity contribution in [1.29, 1.82) is 5.26 Å². The van der Waals surface area contributed by atoms with E-state index in [0.717, 1.165) is 5.56 Å². The van der Waals surface area contributed by atoms with Crippen molar-refractivity contribution in [2.24, 2.45) is 0 Å². The fraction of sp³-hybridized carbons (Fsp3) is 0.200. The molecule has 0 radical (unpaired) electrons. The van der Waals surface area contributed by atoms with Crippen molar-refractivity contribution in [3.05, 3.63) is 59.2 Å². The number of nitrogens with zero attached hydrogens (tertiary/aromatic N) is 1. The van der Waals surface area contributed by atoms with Gasteiger partial charge in [-0.15, -0.1) is 0 Å². The van der Waals surface area contributed by atoms with Gasteiger partial charge in [-0.05, 0) is 49.8 Å². The molecule has 0 aliphatic carbocycles. The predicted molar refractivity (Wildman–Crippen MR) is 102 cm³/mol. The predicted octanol–water partition coefficient (Wildman–Crippen LogP) is 3.24. The van der Waals surface area contributed by atoms with Crippen molar-refractivity contribution in [3.8, 4) is 17.6 Å². The highest BCUT2D eigenvalue weighted by atomic mass is 32.2. The van der Waals surface area contributed by atoms with Crippen molar-refractivity contribution in [1.82, 2.24) is 0 Å². The van der Waals surface area contributed by atoms with Gasteiger partial charge in [0.15, 0.2) is 11.5 Å². The van der Waals surface area contributed by atoms with Crippen molar-refractivity contribution in [3.63, 3.8) is 0 Å². The fourth-order valence-corrected chi connectivity index (χ4v) is 3.17. The molecule has 7 nitrogen and oxygen atoms in total. The maximum absolute atomic E-state index is 12.5. The molecule has 0 bridgehead atoms. The lowest BCUT2D eigenvalue weighted by atomic mass is 10.1. The monoisotopic (exact) mass is 401 g/mol. The summed E-state index contributed by atoms with van der Waals surface area (Å²) in [6.45, 7) is 3.62. The average molecular weight is 401 g/mol. The van der Waals surface area contributed by atoms with Crippen molar-refractivity contribution >= 4 is 22.2 Å². The molecule has 0 saturated carbocycles. The van der Waals surface area contributed by atoms with Gasteiger partial charge in [-0.25, -0.2) is 4.79 Å². The Bertz CT molecular complexity index is 1030. The minimum Gasteiger partial charge on any atom is -0.493 e. The first-order valence-electron chi connectivity index (χ1n) is 8.29. The van der Waals surface area contributed by atoms with Crippen LogP contribution in [-0.4, -0.2) is 28.1 Å². The maximum atomic E-state index is 12.5. The third-order valence-electron chi connectivity index (χ3n) is 3.62. The number of carbonyl (C=O) groups is 1. The second-order valence-electron chi connectivity index (χ2n) is 5.65. The van der Waals surface area contributed by atoms with Crippen LogP contribution in [0.2, 0.25) is 0 Å². The Balaban J connectivity index is 2.34. The minimum atomic E-state index is -4.05. The standard InChI is InChI=1S/C20H19NO6S/c1-4-26-20(22)16(13-21)11-15-7-10-18(19(12-15)25-3)27-28(23,24)17-8-5-14(2)6-9-17/h5-12H,4H2,1-3H3. The Hall–Kier alpha value is -3.31. The largest absolute Gasteiger partial charge is 0.493 e. The van der Waals surface area contributed by atoms with E-state index < -0.39 is 16.1 Å². The number of esters is 1. The summed E-state index contributed by atoms with van der Waals surface area (Å²) in [6, 6.07) is 12.3. The molecule has 0 aliphatic rings. The number of nitriles is 1.